The fourth-order valence-electron chi connectivity index (χ4n) is 0.881. The van der Waals surface area contributed by atoms with Gasteiger partial charge in [-0.2, -0.15) is 12.6 Å². The fourth-order valence-corrected chi connectivity index (χ4v) is 1.37. The molecule has 0 atom stereocenters. The van der Waals surface area contributed by atoms with Gasteiger partial charge in [-0.1, -0.05) is 26.0 Å². The van der Waals surface area contributed by atoms with Gasteiger partial charge in [0.1, 0.15) is 5.75 Å². The van der Waals surface area contributed by atoms with Crippen LogP contribution in [0.15, 0.2) is 28.7 Å². The Labute approximate surface area is 99.4 Å². The first kappa shape index (κ1) is 11.9. The van der Waals surface area contributed by atoms with Crippen LogP contribution in [0.3, 0.4) is 0 Å². The summed E-state index contributed by atoms with van der Waals surface area (Å²) >= 11 is 7.72. The highest BCUT2D eigenvalue weighted by Crippen LogP contribution is 2.26. The molecule has 0 heterocycles. The fraction of sp³-hybridized carbons (Fsp3) is 0.455. The Morgan fingerprint density at radius 2 is 2.00 bits per heavy atom. The lowest BCUT2D eigenvalue weighted by Gasteiger charge is -2.22. The van der Waals surface area contributed by atoms with Gasteiger partial charge in [-0.25, -0.2) is 0 Å². The standard InChI is InChI=1S/C11H15BrOS/c1-11(2,8-14)7-13-10-6-4-3-5-9(10)12/h3-6,14H,7-8H2,1-2H3. The van der Waals surface area contributed by atoms with Crippen LogP contribution in [-0.2, 0) is 0 Å². The number of halogens is 1. The van der Waals surface area contributed by atoms with Crippen LogP contribution in [0.5, 0.6) is 5.75 Å². The van der Waals surface area contributed by atoms with Crippen molar-refractivity contribution >= 4 is 28.6 Å². The largest absolute Gasteiger partial charge is 0.492 e. The van der Waals surface area contributed by atoms with Crippen molar-refractivity contribution in [2.75, 3.05) is 12.4 Å². The lowest BCUT2D eigenvalue weighted by atomic mass is 9.98. The number of benzene rings is 1. The first-order chi connectivity index (χ1) is 6.55. The molecular weight excluding hydrogens is 260 g/mol. The summed E-state index contributed by atoms with van der Waals surface area (Å²) in [5.41, 5.74) is 0.110. The molecule has 1 aromatic carbocycles. The predicted octanol–water partition coefficient (Wildman–Crippen LogP) is 3.78. The van der Waals surface area contributed by atoms with Crippen molar-refractivity contribution in [1.29, 1.82) is 0 Å². The Hall–Kier alpha value is -0.150. The zero-order valence-corrected chi connectivity index (χ0v) is 10.9. The highest BCUT2D eigenvalue weighted by atomic mass is 79.9. The van der Waals surface area contributed by atoms with Gasteiger partial charge in [0.05, 0.1) is 11.1 Å². The predicted molar refractivity (Wildman–Crippen MR) is 67.3 cm³/mol. The summed E-state index contributed by atoms with van der Waals surface area (Å²) in [5, 5.41) is 0. The smallest absolute Gasteiger partial charge is 0.133 e. The lowest BCUT2D eigenvalue weighted by molar-refractivity contribution is 0.201. The summed E-state index contributed by atoms with van der Waals surface area (Å²) in [6.07, 6.45) is 0. The zero-order chi connectivity index (χ0) is 10.6. The van der Waals surface area contributed by atoms with Crippen LogP contribution in [0.4, 0.5) is 0 Å². The second-order valence-electron chi connectivity index (χ2n) is 4.04. The van der Waals surface area contributed by atoms with Crippen LogP contribution in [-0.4, -0.2) is 12.4 Å². The number of para-hydroxylation sites is 1. The van der Waals surface area contributed by atoms with Crippen molar-refractivity contribution in [3.63, 3.8) is 0 Å². The maximum atomic E-state index is 5.70. The maximum absolute atomic E-state index is 5.70. The Morgan fingerprint density at radius 1 is 1.36 bits per heavy atom. The molecule has 0 bridgehead atoms. The molecule has 0 saturated heterocycles. The zero-order valence-electron chi connectivity index (χ0n) is 8.46. The number of ether oxygens (including phenoxy) is 1. The Kier molecular flexibility index (Phi) is 4.32. The SMILES string of the molecule is CC(C)(CS)COc1ccccc1Br. The molecule has 0 aliphatic carbocycles. The number of rotatable bonds is 4. The second-order valence-corrected chi connectivity index (χ2v) is 5.21. The van der Waals surface area contributed by atoms with Crippen molar-refractivity contribution in [2.24, 2.45) is 5.41 Å². The van der Waals surface area contributed by atoms with E-state index in [9.17, 15) is 0 Å². The normalized spacial score (nSPS) is 11.4. The molecule has 0 saturated carbocycles. The summed E-state index contributed by atoms with van der Waals surface area (Å²) in [6, 6.07) is 7.87. The molecule has 0 N–H and O–H groups in total. The summed E-state index contributed by atoms with van der Waals surface area (Å²) in [5.74, 6) is 1.71. The molecule has 1 aromatic rings. The molecule has 0 amide bonds. The summed E-state index contributed by atoms with van der Waals surface area (Å²) in [7, 11) is 0. The number of hydrogen-bond acceptors (Lipinski definition) is 2. The molecule has 14 heavy (non-hydrogen) atoms. The third kappa shape index (κ3) is 3.54. The topological polar surface area (TPSA) is 9.23 Å². The molecule has 0 aromatic heterocycles. The molecule has 0 aliphatic heterocycles. The minimum atomic E-state index is 0.110. The van der Waals surface area contributed by atoms with Crippen LogP contribution in [0.1, 0.15) is 13.8 Å². The number of thiol groups is 1. The quantitative estimate of drug-likeness (QED) is 0.823. The van der Waals surface area contributed by atoms with Crippen LogP contribution in [0.25, 0.3) is 0 Å². The molecule has 0 spiro atoms. The van der Waals surface area contributed by atoms with E-state index in [2.05, 4.69) is 42.4 Å². The molecule has 0 radical (unpaired) electrons. The minimum absolute atomic E-state index is 0.110. The highest BCUT2D eigenvalue weighted by molar-refractivity contribution is 9.10. The molecule has 1 nitrogen and oxygen atoms in total. The van der Waals surface area contributed by atoms with Crippen LogP contribution in [0, 0.1) is 5.41 Å². The van der Waals surface area contributed by atoms with Gasteiger partial charge in [-0.15, -0.1) is 0 Å². The monoisotopic (exact) mass is 274 g/mol. The van der Waals surface area contributed by atoms with E-state index in [1.807, 2.05) is 24.3 Å². The molecular formula is C11H15BrOS. The number of hydrogen-bond donors (Lipinski definition) is 1. The van der Waals surface area contributed by atoms with Gasteiger partial charge in [-0.05, 0) is 33.8 Å². The van der Waals surface area contributed by atoms with Gasteiger partial charge in [-0.3, -0.25) is 0 Å². The molecule has 0 aliphatic rings. The first-order valence-corrected chi connectivity index (χ1v) is 5.96. The minimum Gasteiger partial charge on any atom is -0.492 e. The Bertz CT molecular complexity index is 299. The van der Waals surface area contributed by atoms with E-state index < -0.39 is 0 Å². The summed E-state index contributed by atoms with van der Waals surface area (Å²) in [4.78, 5) is 0. The third-order valence-electron chi connectivity index (χ3n) is 1.88. The van der Waals surface area contributed by atoms with Gasteiger partial charge in [0.25, 0.3) is 0 Å². The molecule has 0 unspecified atom stereocenters. The van der Waals surface area contributed by atoms with Gasteiger partial charge in [0, 0.05) is 5.41 Å². The molecule has 1 rings (SSSR count). The van der Waals surface area contributed by atoms with Crippen molar-refractivity contribution in [3.05, 3.63) is 28.7 Å². The third-order valence-corrected chi connectivity index (χ3v) is 3.39. The van der Waals surface area contributed by atoms with E-state index in [1.54, 1.807) is 0 Å². The molecule has 78 valence electrons. The first-order valence-electron chi connectivity index (χ1n) is 4.53. The molecule has 3 heteroatoms. The van der Waals surface area contributed by atoms with Gasteiger partial charge in [0.2, 0.25) is 0 Å². The average Bonchev–Trinajstić information content (AvgIpc) is 2.17. The van der Waals surface area contributed by atoms with Crippen LogP contribution in [0.2, 0.25) is 0 Å². The van der Waals surface area contributed by atoms with Gasteiger partial charge in [0.15, 0.2) is 0 Å². The summed E-state index contributed by atoms with van der Waals surface area (Å²) < 4.78 is 6.69. The van der Waals surface area contributed by atoms with Crippen molar-refractivity contribution < 1.29 is 4.74 Å². The Morgan fingerprint density at radius 3 is 2.57 bits per heavy atom. The van der Waals surface area contributed by atoms with E-state index in [0.29, 0.717) is 6.61 Å². The maximum Gasteiger partial charge on any atom is 0.133 e. The van der Waals surface area contributed by atoms with Gasteiger partial charge < -0.3 is 4.74 Å². The average molecular weight is 275 g/mol. The second kappa shape index (κ2) is 5.08. The van der Waals surface area contributed by atoms with E-state index in [0.717, 1.165) is 16.0 Å². The highest BCUT2D eigenvalue weighted by Gasteiger charge is 2.16. The van der Waals surface area contributed by atoms with Crippen LogP contribution >= 0.6 is 28.6 Å². The van der Waals surface area contributed by atoms with Crippen molar-refractivity contribution in [2.45, 2.75) is 13.8 Å². The lowest BCUT2D eigenvalue weighted by Crippen LogP contribution is -2.23. The van der Waals surface area contributed by atoms with Crippen molar-refractivity contribution in [1.82, 2.24) is 0 Å². The van der Waals surface area contributed by atoms with Crippen molar-refractivity contribution in [3.8, 4) is 5.75 Å². The van der Waals surface area contributed by atoms with Gasteiger partial charge >= 0.3 is 0 Å². The van der Waals surface area contributed by atoms with Crippen LogP contribution < -0.4 is 4.74 Å². The Balaban J connectivity index is 2.58. The van der Waals surface area contributed by atoms with E-state index in [1.165, 1.54) is 0 Å². The van der Waals surface area contributed by atoms with E-state index in [4.69, 9.17) is 4.74 Å². The molecule has 0 fully saturated rings. The van der Waals surface area contributed by atoms with E-state index in [-0.39, 0.29) is 5.41 Å². The van der Waals surface area contributed by atoms with E-state index >= 15 is 0 Å². The summed E-state index contributed by atoms with van der Waals surface area (Å²) in [6.45, 7) is 4.95.